The van der Waals surface area contributed by atoms with Gasteiger partial charge < -0.3 is 24.8 Å². The fraction of sp³-hybridized carbons (Fsp3) is 0.340. The normalized spacial score (nSPS) is 17.5. The van der Waals surface area contributed by atoms with Crippen molar-refractivity contribution in [2.24, 2.45) is 11.3 Å². The van der Waals surface area contributed by atoms with Gasteiger partial charge in [0.25, 0.3) is 0 Å². The molecular formula is C50H54Cl2Zr-2. The van der Waals surface area contributed by atoms with Crippen LogP contribution in [0.15, 0.2) is 109 Å². The summed E-state index contributed by atoms with van der Waals surface area (Å²) in [6.45, 7) is 22.7. The van der Waals surface area contributed by atoms with Gasteiger partial charge in [-0.1, -0.05) is 110 Å². The van der Waals surface area contributed by atoms with Crippen molar-refractivity contribution in [2.45, 2.75) is 99.3 Å². The monoisotopic (exact) mass is 814 g/mol. The van der Waals surface area contributed by atoms with Crippen molar-refractivity contribution in [3.8, 4) is 11.1 Å². The van der Waals surface area contributed by atoms with Gasteiger partial charge >= 0.3 is 99.2 Å². The number of hydrogen-bond donors (Lipinski definition) is 0. The minimum absolute atomic E-state index is 0. The van der Waals surface area contributed by atoms with Crippen LogP contribution in [0.2, 0.25) is 0 Å². The maximum absolute atomic E-state index is 3.65. The van der Waals surface area contributed by atoms with Gasteiger partial charge in [0, 0.05) is 5.41 Å². The third-order valence-electron chi connectivity index (χ3n) is 10.9. The summed E-state index contributed by atoms with van der Waals surface area (Å²) in [5, 5.41) is 0. The minimum atomic E-state index is 0. The topological polar surface area (TPSA) is 0 Å². The van der Waals surface area contributed by atoms with Gasteiger partial charge in [0.15, 0.2) is 0 Å². The molecule has 8 rings (SSSR count). The molecule has 0 nitrogen and oxygen atoms in total. The standard InChI is InChI=1S/C25H25.C13H10.C12H19.2ClH.Zr/c1-14-12-24(3,4)22-8-16-7-17-9-23-19(15(2)13-25(23,5)6)11-21(17)20(16)10-18(14)22;1-3-7-12(8-4-1)11-13-9-5-2-6-10-13;1-5-6-10-7-8-11(9-10)12(2,3)4;;;/h8-12H,7H2,1-6H3;1-10H;8-10H,5-6H2,1-4H3;2*1H;/q-1;;-1;;;+2/p-2. The van der Waals surface area contributed by atoms with Crippen LogP contribution in [0.3, 0.4) is 0 Å². The molecule has 274 valence electrons. The molecule has 0 aromatic heterocycles. The van der Waals surface area contributed by atoms with Crippen molar-refractivity contribution in [3.05, 3.63) is 165 Å². The number of hydrogen-bond acceptors (Lipinski definition) is 0. The SMILES string of the molecule is CC1=[C-]C(C)(C)c2cc3c(cc21)-c1cc2c(cc1C3)C(C)(C)C=C2C.CCCC1[C-]=CC(C(C)(C)C)=C1.[Cl-].[Cl-].[Zr+2]=[C](c1ccccc1)c1ccccc1. The van der Waals surface area contributed by atoms with Crippen molar-refractivity contribution < 1.29 is 49.0 Å². The fourth-order valence-corrected chi connectivity index (χ4v) is 8.92. The van der Waals surface area contributed by atoms with Crippen molar-refractivity contribution in [3.63, 3.8) is 0 Å². The second kappa shape index (κ2) is 16.9. The van der Waals surface area contributed by atoms with E-state index in [1.807, 2.05) is 0 Å². The Labute approximate surface area is 348 Å². The van der Waals surface area contributed by atoms with Gasteiger partial charge in [-0.3, -0.25) is 12.2 Å². The molecule has 0 aliphatic heterocycles. The van der Waals surface area contributed by atoms with Crippen molar-refractivity contribution in [1.29, 1.82) is 0 Å². The van der Waals surface area contributed by atoms with Gasteiger partial charge in [0.1, 0.15) is 0 Å². The van der Waals surface area contributed by atoms with Crippen LogP contribution < -0.4 is 24.8 Å². The van der Waals surface area contributed by atoms with E-state index in [4.69, 9.17) is 0 Å². The van der Waals surface area contributed by atoms with Gasteiger partial charge in [-0.25, -0.2) is 11.6 Å². The first-order chi connectivity index (χ1) is 24.1. The molecule has 1 atom stereocenters. The summed E-state index contributed by atoms with van der Waals surface area (Å²) in [5.74, 6) is 0.587. The van der Waals surface area contributed by atoms with Gasteiger partial charge in [0.05, 0.1) is 0 Å². The number of halogens is 2. The summed E-state index contributed by atoms with van der Waals surface area (Å²) in [6.07, 6.45) is 17.6. The molecule has 53 heavy (non-hydrogen) atoms. The zero-order valence-electron chi connectivity index (χ0n) is 33.3. The Morgan fingerprint density at radius 3 is 1.79 bits per heavy atom. The van der Waals surface area contributed by atoms with Gasteiger partial charge in [0.2, 0.25) is 0 Å². The molecule has 1 unspecified atom stereocenters. The molecule has 0 heterocycles. The molecule has 0 fully saturated rings. The Balaban J connectivity index is 0.000000192. The molecule has 0 amide bonds. The Hall–Kier alpha value is -2.83. The van der Waals surface area contributed by atoms with E-state index in [0.29, 0.717) is 11.3 Å². The Morgan fingerprint density at radius 1 is 0.755 bits per heavy atom. The summed E-state index contributed by atoms with van der Waals surface area (Å²) < 4.78 is 1.42. The van der Waals surface area contributed by atoms with Crippen LogP contribution in [0, 0.1) is 23.5 Å². The van der Waals surface area contributed by atoms with Crippen LogP contribution >= 0.6 is 0 Å². The first kappa shape index (κ1) is 42.9. The Morgan fingerprint density at radius 2 is 1.28 bits per heavy atom. The van der Waals surface area contributed by atoms with Crippen LogP contribution in [-0.4, -0.2) is 3.21 Å². The maximum atomic E-state index is 3.65. The fourth-order valence-electron chi connectivity index (χ4n) is 8.11. The second-order valence-corrected chi connectivity index (χ2v) is 18.1. The van der Waals surface area contributed by atoms with Crippen LogP contribution in [0.1, 0.15) is 127 Å². The average molecular weight is 817 g/mol. The first-order valence-corrected chi connectivity index (χ1v) is 20.0. The predicted molar refractivity (Wildman–Crippen MR) is 217 cm³/mol. The van der Waals surface area contributed by atoms with Gasteiger partial charge in [-0.05, 0) is 58.4 Å². The first-order valence-electron chi connectivity index (χ1n) is 18.8. The van der Waals surface area contributed by atoms with E-state index in [0.717, 1.165) is 6.42 Å². The van der Waals surface area contributed by atoms with Crippen molar-refractivity contribution in [2.75, 3.05) is 0 Å². The zero-order valence-corrected chi connectivity index (χ0v) is 37.2. The van der Waals surface area contributed by atoms with E-state index in [1.165, 1.54) is 113 Å². The molecule has 0 N–H and O–H groups in total. The van der Waals surface area contributed by atoms with E-state index >= 15 is 0 Å². The molecule has 4 aliphatic carbocycles. The Bertz CT molecular complexity index is 1960. The molecular weight excluding hydrogens is 763 g/mol. The average Bonchev–Trinajstić information content (AvgIpc) is 3.82. The summed E-state index contributed by atoms with van der Waals surface area (Å²) in [6, 6.07) is 30.9. The summed E-state index contributed by atoms with van der Waals surface area (Å²) in [4.78, 5) is 0. The third kappa shape index (κ3) is 9.18. The molecule has 4 aromatic carbocycles. The molecule has 4 aromatic rings. The third-order valence-corrected chi connectivity index (χ3v) is 12.3. The Kier molecular flexibility index (Phi) is 13.7. The van der Waals surface area contributed by atoms with E-state index in [9.17, 15) is 0 Å². The van der Waals surface area contributed by atoms with Crippen LogP contribution in [0.4, 0.5) is 0 Å². The summed E-state index contributed by atoms with van der Waals surface area (Å²) in [7, 11) is 0. The number of benzene rings is 4. The molecule has 0 bridgehead atoms. The van der Waals surface area contributed by atoms with Crippen molar-refractivity contribution >= 4 is 14.4 Å². The molecule has 4 aliphatic rings. The van der Waals surface area contributed by atoms with Crippen LogP contribution in [0.5, 0.6) is 0 Å². The van der Waals surface area contributed by atoms with Crippen molar-refractivity contribution in [1.82, 2.24) is 0 Å². The predicted octanol–water partition coefficient (Wildman–Crippen LogP) is 7.01. The molecule has 0 saturated carbocycles. The van der Waals surface area contributed by atoms with E-state index < -0.39 is 0 Å². The van der Waals surface area contributed by atoms with Crippen LogP contribution in [0.25, 0.3) is 22.3 Å². The molecule has 0 radical (unpaired) electrons. The quantitative estimate of drug-likeness (QED) is 0.172. The number of fused-ring (bicyclic) bond motifs is 5. The summed E-state index contributed by atoms with van der Waals surface area (Å²) >= 11 is 1.46. The number of allylic oxidation sites excluding steroid dienone is 8. The summed E-state index contributed by atoms with van der Waals surface area (Å²) in [5.41, 5.74) is 19.0. The van der Waals surface area contributed by atoms with E-state index in [2.05, 4.69) is 185 Å². The van der Waals surface area contributed by atoms with Crippen LogP contribution in [-0.2, 0) is 41.5 Å². The second-order valence-electron chi connectivity index (χ2n) is 16.9. The van der Waals surface area contributed by atoms with E-state index in [1.54, 1.807) is 0 Å². The zero-order chi connectivity index (χ0) is 36.7. The molecule has 0 saturated heterocycles. The van der Waals surface area contributed by atoms with Gasteiger partial charge in [-0.2, -0.15) is 17.2 Å². The van der Waals surface area contributed by atoms with E-state index in [-0.39, 0.29) is 35.6 Å². The molecule has 3 heteroatoms. The number of rotatable bonds is 4. The van der Waals surface area contributed by atoms with Gasteiger partial charge in [-0.15, -0.1) is 11.6 Å². The molecule has 0 spiro atoms.